The van der Waals surface area contributed by atoms with Gasteiger partial charge in [0, 0.05) is 18.8 Å². The molecule has 0 saturated heterocycles. The summed E-state index contributed by atoms with van der Waals surface area (Å²) in [6, 6.07) is 3.83. The lowest BCUT2D eigenvalue weighted by atomic mass is 10.4. The lowest BCUT2D eigenvalue weighted by Gasteiger charge is -1.97. The number of rotatable bonds is 6. The molecule has 0 aliphatic heterocycles. The van der Waals surface area contributed by atoms with E-state index in [0.29, 0.717) is 0 Å². The first-order valence-corrected chi connectivity index (χ1v) is 5.72. The third-order valence-corrected chi connectivity index (χ3v) is 2.18. The van der Waals surface area contributed by atoms with E-state index in [4.69, 9.17) is 4.42 Å². The molecule has 1 N–H and O–H groups in total. The maximum absolute atomic E-state index is 5.14. The fourth-order valence-electron chi connectivity index (χ4n) is 0.921. The molecule has 0 amide bonds. The highest BCUT2D eigenvalue weighted by Gasteiger charge is 1.86. The van der Waals surface area contributed by atoms with Gasteiger partial charge >= 0.3 is 0 Å². The average Bonchev–Trinajstić information content (AvgIpc) is 2.63. The van der Waals surface area contributed by atoms with Crippen molar-refractivity contribution in [2.75, 3.05) is 25.1 Å². The fourth-order valence-corrected chi connectivity index (χ4v) is 1.27. The monoisotopic (exact) mass is 197 g/mol. The minimum Gasteiger partial charge on any atom is -0.465 e. The topological polar surface area (TPSA) is 25.2 Å². The van der Waals surface area contributed by atoms with Gasteiger partial charge in [-0.2, -0.15) is 11.8 Å². The molecule has 1 heterocycles. The standard InChI is InChI=1S/C10H15NOS/c1-13-9-7-11-6-2-4-10-5-3-8-12-10/h2-5,8,11H,6-7,9H2,1H3/b4-2+. The van der Waals surface area contributed by atoms with E-state index >= 15 is 0 Å². The molecule has 2 nitrogen and oxygen atoms in total. The quantitative estimate of drug-likeness (QED) is 0.708. The van der Waals surface area contributed by atoms with Crippen LogP contribution in [-0.2, 0) is 0 Å². The van der Waals surface area contributed by atoms with Crippen molar-refractivity contribution in [3.05, 3.63) is 30.2 Å². The van der Waals surface area contributed by atoms with Gasteiger partial charge in [-0.1, -0.05) is 6.08 Å². The summed E-state index contributed by atoms with van der Waals surface area (Å²) in [6.07, 6.45) is 7.84. The third-order valence-electron chi connectivity index (χ3n) is 1.57. The summed E-state index contributed by atoms with van der Waals surface area (Å²) < 4.78 is 5.14. The Balaban J connectivity index is 2.05. The van der Waals surface area contributed by atoms with Crippen molar-refractivity contribution in [3.8, 4) is 0 Å². The molecule has 0 fully saturated rings. The summed E-state index contributed by atoms with van der Waals surface area (Å²) in [7, 11) is 0. The molecule has 72 valence electrons. The molecule has 1 rings (SSSR count). The highest BCUT2D eigenvalue weighted by Crippen LogP contribution is 2.01. The van der Waals surface area contributed by atoms with Crippen molar-refractivity contribution in [1.82, 2.24) is 5.32 Å². The van der Waals surface area contributed by atoms with Gasteiger partial charge in [0.05, 0.1) is 6.26 Å². The first kappa shape index (κ1) is 10.4. The summed E-state index contributed by atoms with van der Waals surface area (Å²) in [6.45, 7) is 1.96. The van der Waals surface area contributed by atoms with Gasteiger partial charge in [0.1, 0.15) is 5.76 Å². The lowest BCUT2D eigenvalue weighted by Crippen LogP contribution is -2.16. The predicted molar refractivity (Wildman–Crippen MR) is 59.0 cm³/mol. The molecular formula is C10H15NOS. The first-order chi connectivity index (χ1) is 6.43. The largest absolute Gasteiger partial charge is 0.465 e. The Morgan fingerprint density at radius 1 is 1.62 bits per heavy atom. The Kier molecular flexibility index (Phi) is 5.45. The molecule has 0 unspecified atom stereocenters. The van der Waals surface area contributed by atoms with E-state index < -0.39 is 0 Å². The summed E-state index contributed by atoms with van der Waals surface area (Å²) in [5.41, 5.74) is 0. The van der Waals surface area contributed by atoms with Crippen LogP contribution in [0.5, 0.6) is 0 Å². The van der Waals surface area contributed by atoms with E-state index in [0.717, 1.165) is 24.6 Å². The Bertz CT molecular complexity index is 231. The second-order valence-corrected chi connectivity index (χ2v) is 3.60. The van der Waals surface area contributed by atoms with E-state index in [9.17, 15) is 0 Å². The van der Waals surface area contributed by atoms with Gasteiger partial charge in [0.2, 0.25) is 0 Å². The van der Waals surface area contributed by atoms with Crippen LogP contribution in [0.4, 0.5) is 0 Å². The van der Waals surface area contributed by atoms with Gasteiger partial charge in [-0.3, -0.25) is 0 Å². The maximum Gasteiger partial charge on any atom is 0.126 e. The lowest BCUT2D eigenvalue weighted by molar-refractivity contribution is 0.557. The molecule has 1 aromatic heterocycles. The zero-order valence-electron chi connectivity index (χ0n) is 7.82. The smallest absolute Gasteiger partial charge is 0.126 e. The van der Waals surface area contributed by atoms with Crippen LogP contribution in [0.15, 0.2) is 28.9 Å². The summed E-state index contributed by atoms with van der Waals surface area (Å²) in [5, 5.41) is 3.30. The number of thioether (sulfide) groups is 1. The van der Waals surface area contributed by atoms with Gasteiger partial charge in [-0.25, -0.2) is 0 Å². The van der Waals surface area contributed by atoms with Crippen molar-refractivity contribution in [1.29, 1.82) is 0 Å². The second-order valence-electron chi connectivity index (χ2n) is 2.61. The second kappa shape index (κ2) is 6.80. The Labute approximate surface area is 83.4 Å². The summed E-state index contributed by atoms with van der Waals surface area (Å²) in [5.74, 6) is 2.07. The van der Waals surface area contributed by atoms with Crippen LogP contribution in [0, 0.1) is 0 Å². The van der Waals surface area contributed by atoms with Crippen LogP contribution >= 0.6 is 11.8 Å². The van der Waals surface area contributed by atoms with Gasteiger partial charge in [0.25, 0.3) is 0 Å². The van der Waals surface area contributed by atoms with Gasteiger partial charge < -0.3 is 9.73 Å². The van der Waals surface area contributed by atoms with Crippen LogP contribution in [-0.4, -0.2) is 25.1 Å². The predicted octanol–water partition coefficient (Wildman–Crippen LogP) is 2.25. The van der Waals surface area contributed by atoms with Crippen molar-refractivity contribution >= 4 is 17.8 Å². The molecule has 0 saturated carbocycles. The third kappa shape index (κ3) is 4.80. The minimum atomic E-state index is 0.904. The van der Waals surface area contributed by atoms with Crippen molar-refractivity contribution in [3.63, 3.8) is 0 Å². The number of hydrogen-bond acceptors (Lipinski definition) is 3. The van der Waals surface area contributed by atoms with Gasteiger partial charge in [-0.15, -0.1) is 0 Å². The molecule has 0 aromatic carbocycles. The number of hydrogen-bond donors (Lipinski definition) is 1. The van der Waals surface area contributed by atoms with E-state index in [1.54, 1.807) is 6.26 Å². The van der Waals surface area contributed by atoms with Gasteiger partial charge in [0.15, 0.2) is 0 Å². The molecule has 0 atom stereocenters. The molecule has 0 spiro atoms. The van der Waals surface area contributed by atoms with Crippen molar-refractivity contribution < 1.29 is 4.42 Å². The van der Waals surface area contributed by atoms with Crippen LogP contribution in [0.25, 0.3) is 6.08 Å². The van der Waals surface area contributed by atoms with E-state index in [1.807, 2.05) is 30.0 Å². The molecule has 3 heteroatoms. The van der Waals surface area contributed by atoms with E-state index in [2.05, 4.69) is 17.6 Å². The minimum absolute atomic E-state index is 0.904. The van der Waals surface area contributed by atoms with Crippen LogP contribution in [0.1, 0.15) is 5.76 Å². The normalized spacial score (nSPS) is 11.2. The molecule has 0 aliphatic carbocycles. The highest BCUT2D eigenvalue weighted by molar-refractivity contribution is 7.98. The van der Waals surface area contributed by atoms with Crippen LogP contribution in [0.2, 0.25) is 0 Å². The summed E-state index contributed by atoms with van der Waals surface area (Å²) >= 11 is 1.85. The first-order valence-electron chi connectivity index (χ1n) is 4.33. The molecular weight excluding hydrogens is 182 g/mol. The fraction of sp³-hybridized carbons (Fsp3) is 0.400. The molecule has 0 bridgehead atoms. The summed E-state index contributed by atoms with van der Waals surface area (Å²) in [4.78, 5) is 0. The Morgan fingerprint density at radius 3 is 3.23 bits per heavy atom. The van der Waals surface area contributed by atoms with Gasteiger partial charge in [-0.05, 0) is 24.5 Å². The molecule has 0 aliphatic rings. The molecule has 13 heavy (non-hydrogen) atoms. The highest BCUT2D eigenvalue weighted by atomic mass is 32.2. The molecule has 0 radical (unpaired) electrons. The van der Waals surface area contributed by atoms with Crippen LogP contribution in [0.3, 0.4) is 0 Å². The SMILES string of the molecule is CSCCNC/C=C/c1ccco1. The molecule has 1 aromatic rings. The van der Waals surface area contributed by atoms with E-state index in [-0.39, 0.29) is 0 Å². The number of nitrogens with one attached hydrogen (secondary N) is 1. The van der Waals surface area contributed by atoms with Crippen molar-refractivity contribution in [2.45, 2.75) is 0 Å². The maximum atomic E-state index is 5.14. The Hall–Kier alpha value is -0.670. The Morgan fingerprint density at radius 2 is 2.54 bits per heavy atom. The van der Waals surface area contributed by atoms with E-state index in [1.165, 1.54) is 0 Å². The number of furan rings is 1. The van der Waals surface area contributed by atoms with Crippen molar-refractivity contribution in [2.24, 2.45) is 0 Å². The zero-order valence-corrected chi connectivity index (χ0v) is 8.64. The average molecular weight is 197 g/mol. The zero-order chi connectivity index (χ0) is 9.36. The van der Waals surface area contributed by atoms with Crippen LogP contribution < -0.4 is 5.32 Å².